The molecule has 3 heteroatoms. The van der Waals surface area contributed by atoms with Crippen molar-refractivity contribution in [1.29, 1.82) is 0 Å². The quantitative estimate of drug-likeness (QED) is 0.577. The lowest BCUT2D eigenvalue weighted by Crippen LogP contribution is -1.94. The van der Waals surface area contributed by atoms with Crippen LogP contribution in [0.1, 0.15) is 10.7 Å². The van der Waals surface area contributed by atoms with Gasteiger partial charge in [-0.05, 0) is 5.92 Å². The molecule has 0 unspecified atom stereocenters. The van der Waals surface area contributed by atoms with Gasteiger partial charge in [0.15, 0.2) is 0 Å². The molecule has 1 heterocycles. The standard InChI is InChI=1S/C6H6N2S/c1-2-5-4-9-6(3-7)8-5/h1,4H,3,7H2. The van der Waals surface area contributed by atoms with E-state index in [1.165, 1.54) is 11.3 Å². The Morgan fingerprint density at radius 3 is 3.00 bits per heavy atom. The summed E-state index contributed by atoms with van der Waals surface area (Å²) in [7, 11) is 0. The second-order valence-corrected chi connectivity index (χ2v) is 2.42. The molecule has 0 aliphatic heterocycles. The van der Waals surface area contributed by atoms with Crippen LogP contribution in [0.3, 0.4) is 0 Å². The zero-order chi connectivity index (χ0) is 6.69. The molecule has 0 saturated carbocycles. The number of terminal acetylenes is 1. The van der Waals surface area contributed by atoms with E-state index < -0.39 is 0 Å². The van der Waals surface area contributed by atoms with Crippen molar-refractivity contribution in [3.8, 4) is 12.3 Å². The molecular weight excluding hydrogens is 132 g/mol. The molecule has 0 spiro atoms. The van der Waals surface area contributed by atoms with Gasteiger partial charge in [0.2, 0.25) is 0 Å². The fourth-order valence-corrected chi connectivity index (χ4v) is 1.09. The summed E-state index contributed by atoms with van der Waals surface area (Å²) in [5, 5.41) is 2.71. The van der Waals surface area contributed by atoms with E-state index in [9.17, 15) is 0 Å². The molecule has 0 amide bonds. The van der Waals surface area contributed by atoms with Crippen LogP contribution in [0.15, 0.2) is 5.38 Å². The van der Waals surface area contributed by atoms with Crippen molar-refractivity contribution in [3.05, 3.63) is 16.1 Å². The van der Waals surface area contributed by atoms with Crippen molar-refractivity contribution in [1.82, 2.24) is 4.98 Å². The predicted molar refractivity (Wildman–Crippen MR) is 37.9 cm³/mol. The SMILES string of the molecule is C#Cc1csc(CN)n1. The van der Waals surface area contributed by atoms with Gasteiger partial charge in [0.05, 0.1) is 0 Å². The second-order valence-electron chi connectivity index (χ2n) is 1.47. The lowest BCUT2D eigenvalue weighted by molar-refractivity contribution is 1.03. The van der Waals surface area contributed by atoms with Gasteiger partial charge in [-0.1, -0.05) is 0 Å². The van der Waals surface area contributed by atoms with Gasteiger partial charge in [0.25, 0.3) is 0 Å². The molecule has 1 rings (SSSR count). The first-order valence-electron chi connectivity index (χ1n) is 2.48. The summed E-state index contributed by atoms with van der Waals surface area (Å²) in [4.78, 5) is 4.00. The molecule has 1 aromatic heterocycles. The van der Waals surface area contributed by atoms with Gasteiger partial charge in [-0.2, -0.15) is 0 Å². The molecular formula is C6H6N2S. The van der Waals surface area contributed by atoms with Crippen LogP contribution >= 0.6 is 11.3 Å². The summed E-state index contributed by atoms with van der Waals surface area (Å²) in [6.07, 6.45) is 5.07. The van der Waals surface area contributed by atoms with E-state index in [0.29, 0.717) is 12.2 Å². The number of nitrogens with two attached hydrogens (primary N) is 1. The third kappa shape index (κ3) is 1.28. The molecule has 0 bridgehead atoms. The second kappa shape index (κ2) is 2.62. The Balaban J connectivity index is 2.90. The zero-order valence-electron chi connectivity index (χ0n) is 4.79. The molecule has 46 valence electrons. The molecule has 2 N–H and O–H groups in total. The molecule has 0 atom stereocenters. The van der Waals surface area contributed by atoms with Crippen LogP contribution in [0.25, 0.3) is 0 Å². The lowest BCUT2D eigenvalue weighted by Gasteiger charge is -1.79. The van der Waals surface area contributed by atoms with E-state index in [4.69, 9.17) is 12.2 Å². The minimum absolute atomic E-state index is 0.479. The van der Waals surface area contributed by atoms with Crippen LogP contribution in [-0.4, -0.2) is 4.98 Å². The maximum Gasteiger partial charge on any atom is 0.124 e. The molecule has 0 aliphatic rings. The van der Waals surface area contributed by atoms with Crippen LogP contribution < -0.4 is 5.73 Å². The van der Waals surface area contributed by atoms with Crippen molar-refractivity contribution in [2.24, 2.45) is 5.73 Å². The summed E-state index contributed by atoms with van der Waals surface area (Å²) in [6, 6.07) is 0. The maximum atomic E-state index is 5.30. The van der Waals surface area contributed by atoms with Gasteiger partial charge in [-0.25, -0.2) is 4.98 Å². The first-order chi connectivity index (χ1) is 4.36. The first kappa shape index (κ1) is 6.27. The Morgan fingerprint density at radius 2 is 2.67 bits per heavy atom. The fourth-order valence-electron chi connectivity index (χ4n) is 0.471. The first-order valence-corrected chi connectivity index (χ1v) is 3.36. The lowest BCUT2D eigenvalue weighted by atomic mass is 10.5. The topological polar surface area (TPSA) is 38.9 Å². The van der Waals surface area contributed by atoms with Crippen molar-refractivity contribution in [2.75, 3.05) is 0 Å². The third-order valence-electron chi connectivity index (χ3n) is 0.874. The van der Waals surface area contributed by atoms with Gasteiger partial charge in [-0.3, -0.25) is 0 Å². The Morgan fingerprint density at radius 1 is 1.89 bits per heavy atom. The van der Waals surface area contributed by atoms with Gasteiger partial charge in [0, 0.05) is 11.9 Å². The van der Waals surface area contributed by atoms with Crippen molar-refractivity contribution < 1.29 is 0 Å². The minimum atomic E-state index is 0.479. The van der Waals surface area contributed by atoms with Gasteiger partial charge in [0.1, 0.15) is 10.7 Å². The van der Waals surface area contributed by atoms with E-state index >= 15 is 0 Å². The molecule has 0 aliphatic carbocycles. The van der Waals surface area contributed by atoms with Crippen molar-refractivity contribution in [3.63, 3.8) is 0 Å². The number of thiazole rings is 1. The van der Waals surface area contributed by atoms with E-state index in [1.807, 2.05) is 5.38 Å². The van der Waals surface area contributed by atoms with Gasteiger partial charge in [-0.15, -0.1) is 17.8 Å². The Labute approximate surface area is 57.7 Å². The largest absolute Gasteiger partial charge is 0.325 e. The number of aromatic nitrogens is 1. The highest BCUT2D eigenvalue weighted by molar-refractivity contribution is 7.09. The predicted octanol–water partition coefficient (Wildman–Crippen LogP) is 0.583. The van der Waals surface area contributed by atoms with Crippen LogP contribution in [0, 0.1) is 12.3 Å². The third-order valence-corrected chi connectivity index (χ3v) is 1.75. The summed E-state index contributed by atoms with van der Waals surface area (Å²) in [5.41, 5.74) is 5.98. The maximum absolute atomic E-state index is 5.30. The molecule has 1 aromatic rings. The smallest absolute Gasteiger partial charge is 0.124 e. The highest BCUT2D eigenvalue weighted by Crippen LogP contribution is 2.06. The van der Waals surface area contributed by atoms with Crippen molar-refractivity contribution >= 4 is 11.3 Å². The van der Waals surface area contributed by atoms with Crippen LogP contribution in [0.4, 0.5) is 0 Å². The van der Waals surface area contributed by atoms with E-state index in [2.05, 4.69) is 10.9 Å². The summed E-state index contributed by atoms with van der Waals surface area (Å²) >= 11 is 1.50. The normalized spacial score (nSPS) is 8.89. The van der Waals surface area contributed by atoms with Gasteiger partial charge < -0.3 is 5.73 Å². The number of hydrogen-bond donors (Lipinski definition) is 1. The minimum Gasteiger partial charge on any atom is -0.325 e. The number of hydrogen-bond acceptors (Lipinski definition) is 3. The molecule has 0 saturated heterocycles. The Kier molecular flexibility index (Phi) is 1.83. The fraction of sp³-hybridized carbons (Fsp3) is 0.167. The van der Waals surface area contributed by atoms with Crippen LogP contribution in [0.5, 0.6) is 0 Å². The van der Waals surface area contributed by atoms with E-state index in [1.54, 1.807) is 0 Å². The number of nitrogens with zero attached hydrogens (tertiary/aromatic N) is 1. The van der Waals surface area contributed by atoms with Crippen molar-refractivity contribution in [2.45, 2.75) is 6.54 Å². The highest BCUT2D eigenvalue weighted by Gasteiger charge is 1.94. The van der Waals surface area contributed by atoms with E-state index in [-0.39, 0.29) is 0 Å². The summed E-state index contributed by atoms with van der Waals surface area (Å²) in [5.74, 6) is 2.43. The average molecular weight is 138 g/mol. The van der Waals surface area contributed by atoms with Crippen LogP contribution in [-0.2, 0) is 6.54 Å². The molecule has 0 fully saturated rings. The average Bonchev–Trinajstić information content (AvgIpc) is 2.34. The highest BCUT2D eigenvalue weighted by atomic mass is 32.1. The van der Waals surface area contributed by atoms with Gasteiger partial charge >= 0.3 is 0 Å². The number of rotatable bonds is 1. The van der Waals surface area contributed by atoms with Crippen LogP contribution in [0.2, 0.25) is 0 Å². The molecule has 0 aromatic carbocycles. The molecule has 0 radical (unpaired) electrons. The Bertz CT molecular complexity index is 233. The Hall–Kier alpha value is -0.850. The molecule has 2 nitrogen and oxygen atoms in total. The monoisotopic (exact) mass is 138 g/mol. The zero-order valence-corrected chi connectivity index (χ0v) is 5.61. The molecule has 9 heavy (non-hydrogen) atoms. The summed E-state index contributed by atoms with van der Waals surface area (Å²) in [6.45, 7) is 0.479. The summed E-state index contributed by atoms with van der Waals surface area (Å²) < 4.78 is 0. The van der Waals surface area contributed by atoms with E-state index in [0.717, 1.165) is 5.01 Å².